The molecule has 2 atom stereocenters. The Morgan fingerprint density at radius 3 is 2.30 bits per heavy atom. The number of amides is 2. The molecule has 1 aliphatic carbocycles. The number of benzene rings is 2. The fourth-order valence-electron chi connectivity index (χ4n) is 8.62. The minimum absolute atomic E-state index is 0.0286. The van der Waals surface area contributed by atoms with Gasteiger partial charge in [0.05, 0.1) is 46.0 Å². The molecule has 6 heterocycles. The highest BCUT2D eigenvalue weighted by Gasteiger charge is 2.47. The number of likely N-dealkylation sites (tertiary alicyclic amines) is 1. The van der Waals surface area contributed by atoms with Crippen molar-refractivity contribution >= 4 is 35.0 Å². The lowest BCUT2D eigenvalue weighted by molar-refractivity contribution is -0.121. The maximum absolute atomic E-state index is 11.8. The molecule has 3 N–H and O–H groups in total. The number of nitrogens with one attached hydrogen (secondary N) is 3. The van der Waals surface area contributed by atoms with Crippen LogP contribution in [0.25, 0.3) is 33.6 Å². The van der Waals surface area contributed by atoms with Crippen LogP contribution in [0, 0.1) is 0 Å². The summed E-state index contributed by atoms with van der Waals surface area (Å²) in [6.45, 7) is 3.06. The van der Waals surface area contributed by atoms with E-state index in [1.807, 2.05) is 54.6 Å². The van der Waals surface area contributed by atoms with E-state index in [9.17, 15) is 9.59 Å². The molecule has 0 saturated carbocycles. The van der Waals surface area contributed by atoms with Crippen LogP contribution in [0.1, 0.15) is 60.7 Å². The summed E-state index contributed by atoms with van der Waals surface area (Å²) in [6.07, 6.45) is 8.02. The zero-order valence-electron chi connectivity index (χ0n) is 31.5. The van der Waals surface area contributed by atoms with Crippen molar-refractivity contribution in [1.82, 2.24) is 40.8 Å². The molecule has 4 aliphatic rings. The van der Waals surface area contributed by atoms with E-state index in [4.69, 9.17) is 47.6 Å². The Hall–Kier alpha value is -5.14. The molecule has 3 aromatic heterocycles. The molecule has 9 rings (SSSR count). The van der Waals surface area contributed by atoms with Crippen LogP contribution < -0.4 is 25.4 Å². The number of halogens is 2. The Morgan fingerprint density at radius 2 is 1.61 bits per heavy atom. The van der Waals surface area contributed by atoms with Gasteiger partial charge in [-0.25, -0.2) is 9.97 Å². The van der Waals surface area contributed by atoms with Gasteiger partial charge in [0.2, 0.25) is 23.6 Å². The second-order valence-electron chi connectivity index (χ2n) is 15.3. The smallest absolute Gasteiger partial charge is 0.237 e. The number of pyridine rings is 2. The van der Waals surface area contributed by atoms with Gasteiger partial charge in [-0.2, -0.15) is 0 Å². The van der Waals surface area contributed by atoms with Crippen LogP contribution >= 0.6 is 23.2 Å². The first-order valence-corrected chi connectivity index (χ1v) is 20.1. The molecule has 2 amide bonds. The lowest BCUT2D eigenvalue weighted by Gasteiger charge is -2.47. The first-order valence-electron chi connectivity index (χ1n) is 19.4. The van der Waals surface area contributed by atoms with Crippen molar-refractivity contribution in [3.05, 3.63) is 106 Å². The normalized spacial score (nSPS) is 19.6. The predicted molar refractivity (Wildman–Crippen MR) is 217 cm³/mol. The molecule has 3 fully saturated rings. The Morgan fingerprint density at radius 1 is 0.860 bits per heavy atom. The number of hydrogen-bond acceptors (Lipinski definition) is 10. The van der Waals surface area contributed by atoms with Crippen LogP contribution in [0.4, 0.5) is 0 Å². The van der Waals surface area contributed by atoms with Crippen LogP contribution in [0.5, 0.6) is 11.8 Å². The summed E-state index contributed by atoms with van der Waals surface area (Å²) in [5.74, 6) is 1.19. The van der Waals surface area contributed by atoms with Gasteiger partial charge in [0.15, 0.2) is 0 Å². The quantitative estimate of drug-likeness (QED) is 0.128. The van der Waals surface area contributed by atoms with Crippen molar-refractivity contribution in [3.63, 3.8) is 0 Å². The van der Waals surface area contributed by atoms with Gasteiger partial charge in [0.1, 0.15) is 12.3 Å². The van der Waals surface area contributed by atoms with Crippen molar-refractivity contribution in [2.45, 2.75) is 69.3 Å². The molecule has 292 valence electrons. The Kier molecular flexibility index (Phi) is 10.3. The maximum Gasteiger partial charge on any atom is 0.237 e. The van der Waals surface area contributed by atoms with Crippen LogP contribution in [-0.2, 0) is 29.2 Å². The molecule has 12 nitrogen and oxygen atoms in total. The fourth-order valence-corrected chi connectivity index (χ4v) is 9.27. The number of aromatic nitrogens is 4. The minimum Gasteiger partial charge on any atom is -0.480 e. The van der Waals surface area contributed by atoms with Gasteiger partial charge in [-0.15, -0.1) is 0 Å². The van der Waals surface area contributed by atoms with Crippen molar-refractivity contribution in [1.29, 1.82) is 0 Å². The van der Waals surface area contributed by atoms with Gasteiger partial charge in [0.25, 0.3) is 0 Å². The van der Waals surface area contributed by atoms with Gasteiger partial charge in [-0.3, -0.25) is 24.5 Å². The number of methoxy groups -OCH3 is 1. The number of carbonyl (C=O) groups excluding carboxylic acids is 2. The summed E-state index contributed by atoms with van der Waals surface area (Å²) in [5.41, 5.74) is 7.78. The van der Waals surface area contributed by atoms with Crippen molar-refractivity contribution in [2.75, 3.05) is 26.7 Å². The van der Waals surface area contributed by atoms with Gasteiger partial charge < -0.3 is 25.4 Å². The number of aryl methyl sites for hydroxylation is 1. The average Bonchev–Trinajstić information content (AvgIpc) is 3.95. The number of nitrogens with zero attached hydrogens (tertiary/aromatic N) is 5. The van der Waals surface area contributed by atoms with E-state index < -0.39 is 0 Å². The lowest BCUT2D eigenvalue weighted by atomic mass is 9.88. The van der Waals surface area contributed by atoms with Gasteiger partial charge >= 0.3 is 0 Å². The zero-order chi connectivity index (χ0) is 39.1. The Labute approximate surface area is 340 Å². The van der Waals surface area contributed by atoms with Crippen molar-refractivity contribution < 1.29 is 19.1 Å². The Balaban J connectivity index is 0.994. The van der Waals surface area contributed by atoms with Crippen LogP contribution in [0.2, 0.25) is 10.0 Å². The van der Waals surface area contributed by atoms with Gasteiger partial charge in [-0.05, 0) is 49.4 Å². The number of ether oxygens (including phenoxy) is 2. The number of fused-ring (bicyclic) bond motifs is 1. The predicted octanol–water partition coefficient (Wildman–Crippen LogP) is 6.48. The molecule has 0 bridgehead atoms. The second-order valence-corrected chi connectivity index (χ2v) is 16.1. The third kappa shape index (κ3) is 7.54. The summed E-state index contributed by atoms with van der Waals surface area (Å²) < 4.78 is 12.2. The van der Waals surface area contributed by atoms with Gasteiger partial charge in [-0.1, -0.05) is 65.7 Å². The molecule has 57 heavy (non-hydrogen) atoms. The average molecular weight is 806 g/mol. The molecule has 14 heteroatoms. The van der Waals surface area contributed by atoms with E-state index in [0.29, 0.717) is 64.7 Å². The number of hydrogen-bond donors (Lipinski definition) is 3. The molecule has 2 unspecified atom stereocenters. The number of rotatable bonds is 12. The molecule has 1 spiro atoms. The summed E-state index contributed by atoms with van der Waals surface area (Å²) in [7, 11) is 1.59. The SMILES string of the molecule is COc1nc(-c2cccc(-c3cccc(-c4cc5c(c(OCc6ccccn6)n4)C(NCC4CCC(=O)N4)CC5)c3Cl)c2Cl)cnc1CN1CC2(CCC(=O)N2)C1. The highest BCUT2D eigenvalue weighted by molar-refractivity contribution is 6.39. The molecule has 0 radical (unpaired) electrons. The van der Waals surface area contributed by atoms with Crippen LogP contribution in [0.3, 0.4) is 0 Å². The standard InChI is InChI=1S/C43H42Cl2N8O4/c1-56-41-35(21-53-23-43(24-53)16-15-37(55)52-43)48-20-34(51-41)31-10-5-8-29(40(31)45)28-7-4-9-30(39(28)44)33-18-25-11-13-32(47-19-26-12-14-36(54)49-26)38(25)42(50-33)57-22-27-6-2-3-17-46-27/h2-10,17-18,20,26,32,47H,11-16,19,21-24H2,1H3,(H,49,54)(H,52,55). The zero-order valence-corrected chi connectivity index (χ0v) is 33.0. The molecule has 3 aliphatic heterocycles. The molecule has 2 aromatic carbocycles. The largest absolute Gasteiger partial charge is 0.480 e. The van der Waals surface area contributed by atoms with E-state index >= 15 is 0 Å². The van der Waals surface area contributed by atoms with Crippen LogP contribution in [0.15, 0.2) is 73.1 Å². The van der Waals surface area contributed by atoms with Crippen LogP contribution in [-0.4, -0.2) is 75.0 Å². The van der Waals surface area contributed by atoms with Crippen molar-refractivity contribution in [3.8, 4) is 45.4 Å². The topological polar surface area (TPSA) is 143 Å². The summed E-state index contributed by atoms with van der Waals surface area (Å²) in [6, 6.07) is 19.6. The third-order valence-corrected chi connectivity index (χ3v) is 12.3. The van der Waals surface area contributed by atoms with E-state index in [1.54, 1.807) is 19.5 Å². The highest BCUT2D eigenvalue weighted by Crippen LogP contribution is 2.45. The third-order valence-electron chi connectivity index (χ3n) is 11.4. The fraction of sp³-hybridized carbons (Fsp3) is 0.349. The first kappa shape index (κ1) is 37.4. The molecule has 5 aromatic rings. The minimum atomic E-state index is -0.117. The highest BCUT2D eigenvalue weighted by atomic mass is 35.5. The lowest BCUT2D eigenvalue weighted by Crippen LogP contribution is -2.66. The number of carbonyl (C=O) groups is 2. The first-order chi connectivity index (χ1) is 27.8. The van der Waals surface area contributed by atoms with Gasteiger partial charge in [0, 0.05) is 85.1 Å². The summed E-state index contributed by atoms with van der Waals surface area (Å²) in [5, 5.41) is 10.8. The van der Waals surface area contributed by atoms with E-state index in [2.05, 4.69) is 31.9 Å². The van der Waals surface area contributed by atoms with Crippen molar-refractivity contribution in [2.24, 2.45) is 0 Å². The monoisotopic (exact) mass is 804 g/mol. The molecule has 3 saturated heterocycles. The molecular weight excluding hydrogens is 763 g/mol. The van der Waals surface area contributed by atoms with E-state index in [0.717, 1.165) is 78.0 Å². The maximum atomic E-state index is 11.8. The Bertz CT molecular complexity index is 2360. The second kappa shape index (κ2) is 15.7. The summed E-state index contributed by atoms with van der Waals surface area (Å²) >= 11 is 14.5. The summed E-state index contributed by atoms with van der Waals surface area (Å²) in [4.78, 5) is 45.0. The van der Waals surface area contributed by atoms with E-state index in [-0.39, 0.29) is 36.0 Å². The van der Waals surface area contributed by atoms with E-state index in [1.165, 1.54) is 0 Å². The molecular formula is C43H42Cl2N8O4.